The molecule has 2 aromatic carbocycles. The molecule has 1 heterocycles. The Labute approximate surface area is 157 Å². The van der Waals surface area contributed by atoms with Crippen molar-refractivity contribution in [1.82, 2.24) is 10.2 Å². The number of benzene rings is 2. The molecule has 0 spiro atoms. The lowest BCUT2D eigenvalue weighted by molar-refractivity contribution is 0.102. The minimum absolute atomic E-state index is 0. The highest BCUT2D eigenvalue weighted by molar-refractivity contribution is 6.04. The monoisotopic (exact) mass is 378 g/mol. The number of rotatable bonds is 3. The molecule has 3 N–H and O–H groups in total. The standard InChI is InChI=1S/C18H19FN4O2.ClH/c19-15-3-1-2-4-16(15)22-17(24)13-5-7-14(8-6-13)21-18(25)23-11-9-20-10-12-23;/h1-8,20H,9-12H2,(H,21,25)(H,22,24);1H. The molecule has 1 aliphatic heterocycles. The molecule has 2 aromatic rings. The first-order chi connectivity index (χ1) is 12.1. The van der Waals surface area contributed by atoms with Crippen molar-refractivity contribution in [3.63, 3.8) is 0 Å². The fraction of sp³-hybridized carbons (Fsp3) is 0.222. The molecule has 6 nitrogen and oxygen atoms in total. The molecule has 26 heavy (non-hydrogen) atoms. The molecule has 0 bridgehead atoms. The van der Waals surface area contributed by atoms with Crippen molar-refractivity contribution in [3.05, 3.63) is 59.9 Å². The Hall–Kier alpha value is -2.64. The van der Waals surface area contributed by atoms with Gasteiger partial charge in [-0.1, -0.05) is 12.1 Å². The molecule has 0 aliphatic carbocycles. The molecular formula is C18H20ClFN4O2. The van der Waals surface area contributed by atoms with Gasteiger partial charge in [0.2, 0.25) is 0 Å². The molecule has 0 radical (unpaired) electrons. The molecule has 8 heteroatoms. The number of hydrogen-bond acceptors (Lipinski definition) is 3. The van der Waals surface area contributed by atoms with Crippen LogP contribution in [0.25, 0.3) is 0 Å². The van der Waals surface area contributed by atoms with Crippen LogP contribution < -0.4 is 16.0 Å². The van der Waals surface area contributed by atoms with Crippen LogP contribution in [0.1, 0.15) is 10.4 Å². The summed E-state index contributed by atoms with van der Waals surface area (Å²) in [5.41, 5.74) is 1.11. The first-order valence-electron chi connectivity index (χ1n) is 8.06. The molecule has 0 unspecified atom stereocenters. The number of nitrogens with one attached hydrogen (secondary N) is 3. The maximum Gasteiger partial charge on any atom is 0.321 e. The maximum absolute atomic E-state index is 13.6. The number of urea groups is 1. The SMILES string of the molecule is Cl.O=C(Nc1ccccc1F)c1ccc(NC(=O)N2CCNCC2)cc1. The molecular weight excluding hydrogens is 359 g/mol. The van der Waals surface area contributed by atoms with E-state index < -0.39 is 11.7 Å². The number of amides is 3. The number of carbonyl (C=O) groups is 2. The molecule has 1 saturated heterocycles. The van der Waals surface area contributed by atoms with Crippen LogP contribution in [0, 0.1) is 5.82 Å². The van der Waals surface area contributed by atoms with Crippen molar-refractivity contribution in [2.24, 2.45) is 0 Å². The lowest BCUT2D eigenvalue weighted by Gasteiger charge is -2.27. The Kier molecular flexibility index (Phi) is 6.94. The first kappa shape index (κ1) is 19.7. The third kappa shape index (κ3) is 4.93. The van der Waals surface area contributed by atoms with Crippen LogP contribution in [0.5, 0.6) is 0 Å². The van der Waals surface area contributed by atoms with Crippen LogP contribution in [0.15, 0.2) is 48.5 Å². The van der Waals surface area contributed by atoms with Gasteiger partial charge in [-0.3, -0.25) is 4.79 Å². The van der Waals surface area contributed by atoms with Gasteiger partial charge in [-0.15, -0.1) is 12.4 Å². The molecule has 0 saturated carbocycles. The summed E-state index contributed by atoms with van der Waals surface area (Å²) in [5.74, 6) is -0.902. The number of piperazine rings is 1. The highest BCUT2D eigenvalue weighted by Crippen LogP contribution is 2.16. The van der Waals surface area contributed by atoms with E-state index in [1.165, 1.54) is 12.1 Å². The van der Waals surface area contributed by atoms with E-state index in [1.54, 1.807) is 41.3 Å². The number of hydrogen-bond donors (Lipinski definition) is 3. The lowest BCUT2D eigenvalue weighted by atomic mass is 10.2. The Morgan fingerprint density at radius 2 is 1.62 bits per heavy atom. The van der Waals surface area contributed by atoms with Crippen LogP contribution >= 0.6 is 12.4 Å². The fourth-order valence-corrected chi connectivity index (χ4v) is 2.53. The smallest absolute Gasteiger partial charge is 0.321 e. The number of para-hydroxylation sites is 1. The summed E-state index contributed by atoms with van der Waals surface area (Å²) in [6.07, 6.45) is 0. The maximum atomic E-state index is 13.6. The number of halogens is 2. The van der Waals surface area contributed by atoms with Crippen LogP contribution in [-0.2, 0) is 0 Å². The number of carbonyl (C=O) groups excluding carboxylic acids is 2. The predicted octanol–water partition coefficient (Wildman–Crippen LogP) is 2.94. The molecule has 0 aromatic heterocycles. The van der Waals surface area contributed by atoms with Gasteiger partial charge in [-0.05, 0) is 36.4 Å². The third-order valence-corrected chi connectivity index (χ3v) is 3.92. The average molecular weight is 379 g/mol. The zero-order valence-electron chi connectivity index (χ0n) is 14.0. The van der Waals surface area contributed by atoms with Crippen molar-refractivity contribution in [1.29, 1.82) is 0 Å². The average Bonchev–Trinajstić information content (AvgIpc) is 2.65. The van der Waals surface area contributed by atoms with Crippen LogP contribution in [-0.4, -0.2) is 43.0 Å². The van der Waals surface area contributed by atoms with Gasteiger partial charge in [-0.25, -0.2) is 9.18 Å². The van der Waals surface area contributed by atoms with Gasteiger partial charge in [0.25, 0.3) is 5.91 Å². The summed E-state index contributed by atoms with van der Waals surface area (Å²) >= 11 is 0. The first-order valence-corrected chi connectivity index (χ1v) is 8.06. The van der Waals surface area contributed by atoms with E-state index >= 15 is 0 Å². The van der Waals surface area contributed by atoms with Crippen molar-refractivity contribution >= 4 is 35.7 Å². The second-order valence-electron chi connectivity index (χ2n) is 5.68. The highest BCUT2D eigenvalue weighted by Gasteiger charge is 2.16. The Morgan fingerprint density at radius 3 is 2.27 bits per heavy atom. The summed E-state index contributed by atoms with van der Waals surface area (Å²) in [6, 6.07) is 12.3. The highest BCUT2D eigenvalue weighted by atomic mass is 35.5. The Bertz CT molecular complexity index is 764. The van der Waals surface area contributed by atoms with E-state index in [-0.39, 0.29) is 24.1 Å². The van der Waals surface area contributed by atoms with E-state index in [2.05, 4.69) is 16.0 Å². The van der Waals surface area contributed by atoms with Crippen molar-refractivity contribution < 1.29 is 14.0 Å². The fourth-order valence-electron chi connectivity index (χ4n) is 2.53. The van der Waals surface area contributed by atoms with Crippen LogP contribution in [0.2, 0.25) is 0 Å². The van der Waals surface area contributed by atoms with Gasteiger partial charge < -0.3 is 20.9 Å². The van der Waals surface area contributed by atoms with E-state index in [0.29, 0.717) is 24.3 Å². The second kappa shape index (κ2) is 9.17. The molecule has 1 fully saturated rings. The van der Waals surface area contributed by atoms with Gasteiger partial charge in [-0.2, -0.15) is 0 Å². The van der Waals surface area contributed by atoms with E-state index in [0.717, 1.165) is 13.1 Å². The number of nitrogens with zero attached hydrogens (tertiary/aromatic N) is 1. The molecule has 1 aliphatic rings. The molecule has 3 rings (SSSR count). The third-order valence-electron chi connectivity index (χ3n) is 3.92. The number of anilines is 2. The van der Waals surface area contributed by atoms with Gasteiger partial charge in [0.15, 0.2) is 0 Å². The minimum Gasteiger partial charge on any atom is -0.322 e. The minimum atomic E-state index is -0.490. The van der Waals surface area contributed by atoms with Crippen molar-refractivity contribution in [3.8, 4) is 0 Å². The van der Waals surface area contributed by atoms with E-state index in [4.69, 9.17) is 0 Å². The Balaban J connectivity index is 0.00000243. The van der Waals surface area contributed by atoms with Crippen molar-refractivity contribution in [2.45, 2.75) is 0 Å². The second-order valence-corrected chi connectivity index (χ2v) is 5.68. The van der Waals surface area contributed by atoms with Crippen molar-refractivity contribution in [2.75, 3.05) is 36.8 Å². The zero-order valence-corrected chi connectivity index (χ0v) is 14.8. The molecule has 138 valence electrons. The zero-order chi connectivity index (χ0) is 17.6. The summed E-state index contributed by atoms with van der Waals surface area (Å²) in [6.45, 7) is 2.88. The summed E-state index contributed by atoms with van der Waals surface area (Å²) in [7, 11) is 0. The van der Waals surface area contributed by atoms with Crippen LogP contribution in [0.4, 0.5) is 20.6 Å². The van der Waals surface area contributed by atoms with E-state index in [1.807, 2.05) is 0 Å². The summed E-state index contributed by atoms with van der Waals surface area (Å²) < 4.78 is 13.6. The van der Waals surface area contributed by atoms with Gasteiger partial charge >= 0.3 is 6.03 Å². The van der Waals surface area contributed by atoms with Gasteiger partial charge in [0.1, 0.15) is 5.82 Å². The van der Waals surface area contributed by atoms with E-state index in [9.17, 15) is 14.0 Å². The molecule has 3 amide bonds. The topological polar surface area (TPSA) is 73.5 Å². The quantitative estimate of drug-likeness (QED) is 0.768. The summed E-state index contributed by atoms with van der Waals surface area (Å²) in [5, 5.41) is 8.51. The largest absolute Gasteiger partial charge is 0.322 e. The predicted molar refractivity (Wildman–Crippen MR) is 102 cm³/mol. The Morgan fingerprint density at radius 1 is 0.962 bits per heavy atom. The normalized spacial score (nSPS) is 13.5. The lowest BCUT2D eigenvalue weighted by Crippen LogP contribution is -2.48. The summed E-state index contributed by atoms with van der Waals surface area (Å²) in [4.78, 5) is 26.0. The van der Waals surface area contributed by atoms with Gasteiger partial charge in [0, 0.05) is 37.4 Å². The molecule has 0 atom stereocenters. The van der Waals surface area contributed by atoms with Gasteiger partial charge in [0.05, 0.1) is 5.69 Å². The van der Waals surface area contributed by atoms with Crippen LogP contribution in [0.3, 0.4) is 0 Å².